The van der Waals surface area contributed by atoms with E-state index in [1.807, 2.05) is 0 Å². The van der Waals surface area contributed by atoms with Gasteiger partial charge in [0.2, 0.25) is 0 Å². The molecule has 0 aliphatic heterocycles. The predicted molar refractivity (Wildman–Crippen MR) is 75.0 cm³/mol. The third kappa shape index (κ3) is 6.05. The van der Waals surface area contributed by atoms with Crippen LogP contribution in [0.3, 0.4) is 0 Å². The highest BCUT2D eigenvalue weighted by atomic mass is 19.1. The van der Waals surface area contributed by atoms with Gasteiger partial charge >= 0.3 is 0 Å². The molecule has 0 saturated carbocycles. The summed E-state index contributed by atoms with van der Waals surface area (Å²) in [6.07, 6.45) is 1.48. The monoisotopic (exact) mass is 302 g/mol. The number of methoxy groups -OCH3 is 1. The van der Waals surface area contributed by atoms with E-state index >= 15 is 0 Å². The Bertz CT molecular complexity index is 447. The molecule has 21 heavy (non-hydrogen) atoms. The van der Waals surface area contributed by atoms with Gasteiger partial charge in [-0.3, -0.25) is 4.79 Å². The summed E-state index contributed by atoms with van der Waals surface area (Å²) >= 11 is 0. The molecular formula is C14H20F2N2O3. The van der Waals surface area contributed by atoms with E-state index in [-0.39, 0.29) is 5.56 Å². The Morgan fingerprint density at radius 3 is 2.48 bits per heavy atom. The molecule has 1 aromatic rings. The van der Waals surface area contributed by atoms with Gasteiger partial charge in [-0.15, -0.1) is 0 Å². The molecule has 1 amide bonds. The maximum Gasteiger partial charge on any atom is 0.251 e. The van der Waals surface area contributed by atoms with Gasteiger partial charge in [0.1, 0.15) is 17.3 Å². The second-order valence-electron chi connectivity index (χ2n) is 4.42. The largest absolute Gasteiger partial charge is 0.394 e. The summed E-state index contributed by atoms with van der Waals surface area (Å²) in [5, 5.41) is 2.58. The van der Waals surface area contributed by atoms with Crippen LogP contribution in [0.4, 0.5) is 14.5 Å². The van der Waals surface area contributed by atoms with E-state index in [0.717, 1.165) is 18.6 Å². The van der Waals surface area contributed by atoms with Crippen LogP contribution in [-0.4, -0.2) is 39.4 Å². The lowest BCUT2D eigenvalue weighted by Crippen LogP contribution is -2.25. The lowest BCUT2D eigenvalue weighted by Gasteiger charge is -2.07. The summed E-state index contributed by atoms with van der Waals surface area (Å²) in [5.74, 6) is -2.41. The van der Waals surface area contributed by atoms with E-state index in [9.17, 15) is 13.6 Å². The number of anilines is 1. The Labute approximate surface area is 122 Å². The van der Waals surface area contributed by atoms with Gasteiger partial charge in [0, 0.05) is 25.8 Å². The van der Waals surface area contributed by atoms with Crippen molar-refractivity contribution in [2.24, 2.45) is 0 Å². The van der Waals surface area contributed by atoms with Crippen molar-refractivity contribution in [2.45, 2.75) is 12.8 Å². The number of unbranched alkanes of at least 4 members (excludes halogenated alkanes) is 1. The zero-order valence-corrected chi connectivity index (χ0v) is 12.0. The van der Waals surface area contributed by atoms with Gasteiger partial charge in [-0.2, -0.15) is 0 Å². The zero-order valence-electron chi connectivity index (χ0n) is 12.0. The first-order valence-electron chi connectivity index (χ1n) is 6.65. The van der Waals surface area contributed by atoms with Gasteiger partial charge in [0.15, 0.2) is 0 Å². The molecule has 3 N–H and O–H groups in total. The molecule has 0 aliphatic carbocycles. The van der Waals surface area contributed by atoms with Crippen LogP contribution in [0.2, 0.25) is 0 Å². The first-order valence-corrected chi connectivity index (χ1v) is 6.65. The minimum absolute atomic E-state index is 0.0875. The average molecular weight is 302 g/mol. The van der Waals surface area contributed by atoms with Gasteiger partial charge in [0.05, 0.1) is 13.2 Å². The maximum absolute atomic E-state index is 13.2. The first-order chi connectivity index (χ1) is 10.1. The van der Waals surface area contributed by atoms with Crippen LogP contribution in [-0.2, 0) is 9.47 Å². The summed E-state index contributed by atoms with van der Waals surface area (Å²) in [6, 6.07) is 1.84. The van der Waals surface area contributed by atoms with E-state index in [1.54, 1.807) is 7.11 Å². The molecule has 0 spiro atoms. The Hall–Kier alpha value is -1.73. The molecule has 1 rings (SSSR count). The smallest absolute Gasteiger partial charge is 0.251 e. The van der Waals surface area contributed by atoms with Crippen LogP contribution < -0.4 is 11.1 Å². The van der Waals surface area contributed by atoms with Crippen molar-refractivity contribution >= 4 is 11.6 Å². The Balaban J connectivity index is 2.25. The standard InChI is InChI=1S/C14H20F2N2O3/c1-20-6-7-21-5-3-2-4-18-14(19)10-8-11(15)13(17)12(16)9-10/h8-9H,2-7,17H2,1H3,(H,18,19). The average Bonchev–Trinajstić information content (AvgIpc) is 2.46. The summed E-state index contributed by atoms with van der Waals surface area (Å²) in [4.78, 5) is 11.7. The number of carbonyl (C=O) groups excluding carboxylic acids is 1. The molecule has 0 saturated heterocycles. The summed E-state index contributed by atoms with van der Waals surface area (Å²) < 4.78 is 36.5. The molecule has 5 nitrogen and oxygen atoms in total. The van der Waals surface area contributed by atoms with Gasteiger partial charge in [0.25, 0.3) is 5.91 Å². The van der Waals surface area contributed by atoms with Crippen LogP contribution in [0.25, 0.3) is 0 Å². The Morgan fingerprint density at radius 1 is 1.19 bits per heavy atom. The summed E-state index contributed by atoms with van der Waals surface area (Å²) in [6.45, 7) is 2.06. The number of nitrogen functional groups attached to an aromatic ring is 1. The molecule has 0 atom stereocenters. The first kappa shape index (κ1) is 17.3. The number of halogens is 2. The lowest BCUT2D eigenvalue weighted by atomic mass is 10.1. The number of nitrogens with one attached hydrogen (secondary N) is 1. The Kier molecular flexibility index (Phi) is 7.63. The van der Waals surface area contributed by atoms with Gasteiger partial charge < -0.3 is 20.5 Å². The van der Waals surface area contributed by atoms with Crippen molar-refractivity contribution < 1.29 is 23.0 Å². The number of carbonyl (C=O) groups is 1. The fraction of sp³-hybridized carbons (Fsp3) is 0.500. The molecular weight excluding hydrogens is 282 g/mol. The van der Waals surface area contributed by atoms with Crippen molar-refractivity contribution in [3.05, 3.63) is 29.3 Å². The van der Waals surface area contributed by atoms with Crippen LogP contribution in [0.15, 0.2) is 12.1 Å². The third-order valence-corrected chi connectivity index (χ3v) is 2.77. The van der Waals surface area contributed by atoms with Crippen molar-refractivity contribution in [1.82, 2.24) is 5.32 Å². The Morgan fingerprint density at radius 2 is 1.86 bits per heavy atom. The van der Waals surface area contributed by atoms with Crippen LogP contribution in [0.5, 0.6) is 0 Å². The quantitative estimate of drug-likeness (QED) is 0.538. The van der Waals surface area contributed by atoms with Crippen LogP contribution in [0, 0.1) is 11.6 Å². The van der Waals surface area contributed by atoms with Gasteiger partial charge in [-0.1, -0.05) is 0 Å². The molecule has 0 aromatic heterocycles. The minimum atomic E-state index is -0.938. The van der Waals surface area contributed by atoms with Crippen molar-refractivity contribution in [3.63, 3.8) is 0 Å². The molecule has 118 valence electrons. The van der Waals surface area contributed by atoms with E-state index in [1.165, 1.54) is 0 Å². The highest BCUT2D eigenvalue weighted by Gasteiger charge is 2.12. The number of amides is 1. The van der Waals surface area contributed by atoms with Crippen LogP contribution >= 0.6 is 0 Å². The molecule has 1 aromatic carbocycles. The minimum Gasteiger partial charge on any atom is -0.394 e. The van der Waals surface area contributed by atoms with Crippen molar-refractivity contribution in [2.75, 3.05) is 39.2 Å². The number of hydrogen-bond donors (Lipinski definition) is 2. The number of rotatable bonds is 9. The summed E-state index contributed by atoms with van der Waals surface area (Å²) in [5.41, 5.74) is 4.47. The van der Waals surface area contributed by atoms with Crippen molar-refractivity contribution in [1.29, 1.82) is 0 Å². The molecule has 0 radical (unpaired) electrons. The van der Waals surface area contributed by atoms with E-state index in [0.29, 0.717) is 32.8 Å². The lowest BCUT2D eigenvalue weighted by molar-refractivity contribution is 0.0686. The number of hydrogen-bond acceptors (Lipinski definition) is 4. The molecule has 0 bridgehead atoms. The van der Waals surface area contributed by atoms with E-state index in [4.69, 9.17) is 15.2 Å². The fourth-order valence-corrected chi connectivity index (χ4v) is 1.59. The summed E-state index contributed by atoms with van der Waals surface area (Å²) in [7, 11) is 1.60. The highest BCUT2D eigenvalue weighted by Crippen LogP contribution is 2.17. The topological polar surface area (TPSA) is 73.6 Å². The molecule has 0 fully saturated rings. The van der Waals surface area contributed by atoms with Crippen molar-refractivity contribution in [3.8, 4) is 0 Å². The molecule has 0 aliphatic rings. The normalized spacial score (nSPS) is 10.6. The molecule has 0 unspecified atom stereocenters. The molecule has 0 heterocycles. The highest BCUT2D eigenvalue weighted by molar-refractivity contribution is 5.94. The molecule has 7 heteroatoms. The van der Waals surface area contributed by atoms with Gasteiger partial charge in [-0.25, -0.2) is 8.78 Å². The van der Waals surface area contributed by atoms with E-state index < -0.39 is 23.2 Å². The SMILES string of the molecule is COCCOCCCCNC(=O)c1cc(F)c(N)c(F)c1. The number of ether oxygens (including phenoxy) is 2. The predicted octanol–water partition coefficient (Wildman–Crippen LogP) is 1.72. The van der Waals surface area contributed by atoms with Crippen LogP contribution in [0.1, 0.15) is 23.2 Å². The maximum atomic E-state index is 13.2. The van der Waals surface area contributed by atoms with E-state index in [2.05, 4.69) is 5.32 Å². The third-order valence-electron chi connectivity index (χ3n) is 2.77. The number of benzene rings is 1. The second-order valence-corrected chi connectivity index (χ2v) is 4.42. The zero-order chi connectivity index (χ0) is 15.7. The number of nitrogens with two attached hydrogens (primary N) is 1. The second kappa shape index (κ2) is 9.25. The van der Waals surface area contributed by atoms with Gasteiger partial charge in [-0.05, 0) is 25.0 Å². The fourth-order valence-electron chi connectivity index (χ4n) is 1.59.